The number of morpholine rings is 1. The Bertz CT molecular complexity index is 1230. The predicted molar refractivity (Wildman–Crippen MR) is 119 cm³/mol. The highest BCUT2D eigenvalue weighted by molar-refractivity contribution is 5.95. The van der Waals surface area contributed by atoms with E-state index in [9.17, 15) is 4.79 Å². The van der Waals surface area contributed by atoms with Crippen molar-refractivity contribution in [3.8, 4) is 17.1 Å². The van der Waals surface area contributed by atoms with Gasteiger partial charge in [0, 0.05) is 36.3 Å². The number of anilines is 1. The third-order valence-corrected chi connectivity index (χ3v) is 5.42. The summed E-state index contributed by atoms with van der Waals surface area (Å²) >= 11 is 0. The molecule has 1 fully saturated rings. The Labute approximate surface area is 183 Å². The molecule has 0 unspecified atom stereocenters. The molecule has 2 aromatic carbocycles. The molecule has 164 valence electrons. The number of carbonyl (C=O) groups is 1. The number of hydrogen-bond donors (Lipinski definition) is 3. The van der Waals surface area contributed by atoms with Gasteiger partial charge in [-0.3, -0.25) is 9.89 Å². The third-order valence-electron chi connectivity index (χ3n) is 5.42. The molecule has 3 N–H and O–H groups in total. The molecule has 0 atom stereocenters. The molecule has 1 aliphatic heterocycles. The van der Waals surface area contributed by atoms with Gasteiger partial charge in [0.1, 0.15) is 11.4 Å². The van der Waals surface area contributed by atoms with E-state index in [1.54, 1.807) is 21.7 Å². The standard InChI is InChI=1S/C22H23N7O3/c30-10-7-23-16-3-6-18-19(13-16)24-26-21(18)20-14-29(27-25-20)17-4-1-15(2-5-17)22(31)28-8-11-32-12-9-28/h1-6,13-14,23,30H,7-12H2,(H,24,26). The van der Waals surface area contributed by atoms with Crippen molar-refractivity contribution in [3.63, 3.8) is 0 Å². The lowest BCUT2D eigenvalue weighted by Gasteiger charge is -2.26. The van der Waals surface area contributed by atoms with Crippen molar-refractivity contribution in [1.82, 2.24) is 30.1 Å². The first-order valence-electron chi connectivity index (χ1n) is 10.5. The van der Waals surface area contributed by atoms with Crippen molar-refractivity contribution in [1.29, 1.82) is 0 Å². The van der Waals surface area contributed by atoms with E-state index in [0.717, 1.165) is 22.3 Å². The van der Waals surface area contributed by atoms with Gasteiger partial charge in [0.15, 0.2) is 0 Å². The number of nitrogens with zero attached hydrogens (tertiary/aromatic N) is 5. The van der Waals surface area contributed by atoms with Crippen LogP contribution in [0.4, 0.5) is 5.69 Å². The van der Waals surface area contributed by atoms with Gasteiger partial charge in [0.25, 0.3) is 5.91 Å². The van der Waals surface area contributed by atoms with Crippen LogP contribution in [0.25, 0.3) is 28.0 Å². The molecule has 10 nitrogen and oxygen atoms in total. The quantitative estimate of drug-likeness (QED) is 0.423. The van der Waals surface area contributed by atoms with E-state index in [4.69, 9.17) is 9.84 Å². The predicted octanol–water partition coefficient (Wildman–Crippen LogP) is 1.69. The Balaban J connectivity index is 1.35. The molecule has 0 bridgehead atoms. The second-order valence-electron chi connectivity index (χ2n) is 7.48. The van der Waals surface area contributed by atoms with Crippen molar-refractivity contribution in [2.24, 2.45) is 0 Å². The fourth-order valence-corrected chi connectivity index (χ4v) is 3.73. The van der Waals surface area contributed by atoms with Crippen LogP contribution >= 0.6 is 0 Å². The maximum atomic E-state index is 12.6. The molecule has 2 aromatic heterocycles. The van der Waals surface area contributed by atoms with Crippen molar-refractivity contribution in [2.45, 2.75) is 0 Å². The lowest BCUT2D eigenvalue weighted by molar-refractivity contribution is 0.0303. The zero-order valence-corrected chi connectivity index (χ0v) is 17.4. The van der Waals surface area contributed by atoms with Gasteiger partial charge < -0.3 is 20.1 Å². The van der Waals surface area contributed by atoms with Crippen LogP contribution in [0.1, 0.15) is 10.4 Å². The van der Waals surface area contributed by atoms with E-state index in [1.165, 1.54) is 0 Å². The maximum Gasteiger partial charge on any atom is 0.254 e. The van der Waals surface area contributed by atoms with Crippen LogP contribution in [0.15, 0.2) is 48.7 Å². The van der Waals surface area contributed by atoms with Crippen LogP contribution in [-0.2, 0) is 4.74 Å². The fourth-order valence-electron chi connectivity index (χ4n) is 3.73. The first kappa shape index (κ1) is 20.2. The van der Waals surface area contributed by atoms with Crippen LogP contribution in [0.5, 0.6) is 0 Å². The number of fused-ring (bicyclic) bond motifs is 1. The van der Waals surface area contributed by atoms with Crippen LogP contribution in [0.3, 0.4) is 0 Å². The number of amides is 1. The topological polar surface area (TPSA) is 121 Å². The first-order valence-corrected chi connectivity index (χ1v) is 10.5. The van der Waals surface area contributed by atoms with Gasteiger partial charge in [-0.05, 0) is 42.5 Å². The van der Waals surface area contributed by atoms with E-state index in [0.29, 0.717) is 49.8 Å². The SMILES string of the molecule is O=C(c1ccc(-n2cc(-c3n[nH]c4cc(NCCO)ccc34)nn2)cc1)N1CCOCC1. The molecule has 1 amide bonds. The van der Waals surface area contributed by atoms with Crippen LogP contribution < -0.4 is 5.32 Å². The molecule has 1 saturated heterocycles. The van der Waals surface area contributed by atoms with E-state index in [-0.39, 0.29) is 12.5 Å². The van der Waals surface area contributed by atoms with Gasteiger partial charge in [-0.25, -0.2) is 4.68 Å². The summed E-state index contributed by atoms with van der Waals surface area (Å²) in [6.45, 7) is 2.93. The number of aliphatic hydroxyl groups is 1. The Morgan fingerprint density at radius 3 is 2.75 bits per heavy atom. The summed E-state index contributed by atoms with van der Waals surface area (Å²) in [6, 6.07) is 13.2. The van der Waals surface area contributed by atoms with E-state index in [2.05, 4.69) is 25.8 Å². The van der Waals surface area contributed by atoms with E-state index in [1.807, 2.05) is 36.5 Å². The molecule has 0 spiro atoms. The monoisotopic (exact) mass is 433 g/mol. The molecular formula is C22H23N7O3. The van der Waals surface area contributed by atoms with Gasteiger partial charge in [-0.1, -0.05) is 5.21 Å². The normalized spacial score (nSPS) is 14.1. The Morgan fingerprint density at radius 1 is 1.16 bits per heavy atom. The van der Waals surface area contributed by atoms with Crippen molar-refractivity contribution in [3.05, 3.63) is 54.2 Å². The molecule has 0 radical (unpaired) electrons. The number of aliphatic hydroxyl groups excluding tert-OH is 1. The molecule has 3 heterocycles. The molecule has 5 rings (SSSR count). The van der Waals surface area contributed by atoms with Gasteiger partial charge in [-0.2, -0.15) is 5.10 Å². The highest BCUT2D eigenvalue weighted by Crippen LogP contribution is 2.27. The number of benzene rings is 2. The highest BCUT2D eigenvalue weighted by Gasteiger charge is 2.19. The molecule has 4 aromatic rings. The minimum atomic E-state index is 0.00923. The molecule has 32 heavy (non-hydrogen) atoms. The van der Waals surface area contributed by atoms with Crippen molar-refractivity contribution < 1.29 is 14.6 Å². The van der Waals surface area contributed by atoms with Crippen LogP contribution in [-0.4, -0.2) is 80.6 Å². The summed E-state index contributed by atoms with van der Waals surface area (Å²) in [6.07, 6.45) is 1.81. The number of carbonyl (C=O) groups excluding carboxylic acids is 1. The van der Waals surface area contributed by atoms with Crippen LogP contribution in [0, 0.1) is 0 Å². The van der Waals surface area contributed by atoms with Crippen molar-refractivity contribution in [2.75, 3.05) is 44.8 Å². The molecular weight excluding hydrogens is 410 g/mol. The lowest BCUT2D eigenvalue weighted by atomic mass is 10.1. The van der Waals surface area contributed by atoms with Gasteiger partial charge in [0.05, 0.1) is 37.2 Å². The summed E-state index contributed by atoms with van der Waals surface area (Å²) in [5.74, 6) is 0.00923. The zero-order valence-electron chi connectivity index (χ0n) is 17.4. The second kappa shape index (κ2) is 8.77. The summed E-state index contributed by atoms with van der Waals surface area (Å²) < 4.78 is 6.97. The number of ether oxygens (including phenoxy) is 1. The molecule has 10 heteroatoms. The highest BCUT2D eigenvalue weighted by atomic mass is 16.5. The number of hydrogen-bond acceptors (Lipinski definition) is 7. The first-order chi connectivity index (χ1) is 15.7. The smallest absolute Gasteiger partial charge is 0.254 e. The summed E-state index contributed by atoms with van der Waals surface area (Å²) in [7, 11) is 0. The maximum absolute atomic E-state index is 12.6. The minimum absolute atomic E-state index is 0.00923. The fraction of sp³-hybridized carbons (Fsp3) is 0.273. The van der Waals surface area contributed by atoms with Crippen LogP contribution in [0.2, 0.25) is 0 Å². The average molecular weight is 433 g/mol. The van der Waals surface area contributed by atoms with E-state index < -0.39 is 0 Å². The lowest BCUT2D eigenvalue weighted by Crippen LogP contribution is -2.40. The largest absolute Gasteiger partial charge is 0.395 e. The van der Waals surface area contributed by atoms with Gasteiger partial charge in [-0.15, -0.1) is 5.10 Å². The number of H-pyrrole nitrogens is 1. The summed E-state index contributed by atoms with van der Waals surface area (Å²) in [5, 5.41) is 29.0. The number of aromatic nitrogens is 5. The average Bonchev–Trinajstić information content (AvgIpc) is 3.50. The Hall–Kier alpha value is -3.76. The number of rotatable bonds is 6. The summed E-state index contributed by atoms with van der Waals surface area (Å²) in [4.78, 5) is 14.4. The van der Waals surface area contributed by atoms with E-state index >= 15 is 0 Å². The van der Waals surface area contributed by atoms with Gasteiger partial charge in [0.2, 0.25) is 0 Å². The minimum Gasteiger partial charge on any atom is -0.395 e. The Kier molecular flexibility index (Phi) is 5.53. The van der Waals surface area contributed by atoms with Crippen molar-refractivity contribution >= 4 is 22.5 Å². The summed E-state index contributed by atoms with van der Waals surface area (Å²) in [5.41, 5.74) is 4.55. The third kappa shape index (κ3) is 3.93. The second-order valence-corrected chi connectivity index (χ2v) is 7.48. The Morgan fingerprint density at radius 2 is 1.97 bits per heavy atom. The van der Waals surface area contributed by atoms with Gasteiger partial charge >= 0.3 is 0 Å². The molecule has 1 aliphatic rings. The number of aromatic amines is 1. The number of nitrogens with one attached hydrogen (secondary N) is 2. The zero-order chi connectivity index (χ0) is 21.9. The molecule has 0 aliphatic carbocycles. The molecule has 0 saturated carbocycles.